The van der Waals surface area contributed by atoms with Crippen molar-refractivity contribution < 1.29 is 99.2 Å². The maximum Gasteiger partial charge on any atom is 0.187 e. The molecule has 28 atom stereocenters. The molecule has 4 saturated heterocycles. The largest absolute Gasteiger partial charge is 0.394 e. The first-order chi connectivity index (χ1) is 31.3. The molecule has 4 saturated carbocycles. The highest BCUT2D eigenvalue weighted by Gasteiger charge is 2.70. The Bertz CT molecular complexity index is 1610. The number of hydrogen-bond acceptors (Lipinski definition) is 20. The molecule has 0 amide bonds. The number of aliphatic hydroxyl groups excluding tert-OH is 12. The van der Waals surface area contributed by atoms with Crippen LogP contribution in [0.1, 0.15) is 85.5 Å². The Balaban J connectivity index is 0.966. The molecule has 0 radical (unpaired) electrons. The second-order valence-corrected chi connectivity index (χ2v) is 21.8. The van der Waals surface area contributed by atoms with Gasteiger partial charge in [0.05, 0.1) is 44.7 Å². The minimum absolute atomic E-state index is 0.0228. The van der Waals surface area contributed by atoms with Gasteiger partial charge in [0, 0.05) is 19.4 Å². The molecule has 382 valence electrons. The summed E-state index contributed by atoms with van der Waals surface area (Å²) < 4.78 is 49.1. The van der Waals surface area contributed by atoms with Crippen LogP contribution in [0.5, 0.6) is 0 Å². The van der Waals surface area contributed by atoms with Crippen molar-refractivity contribution >= 4 is 0 Å². The summed E-state index contributed by atoms with van der Waals surface area (Å²) in [4.78, 5) is 0. The Morgan fingerprint density at radius 3 is 1.82 bits per heavy atom. The highest BCUT2D eigenvalue weighted by atomic mass is 16.7. The molecular weight excluding hydrogens is 872 g/mol. The molecule has 0 aromatic heterocycles. The lowest BCUT2D eigenvalue weighted by Gasteiger charge is -2.63. The van der Waals surface area contributed by atoms with E-state index >= 15 is 0 Å². The second-order valence-electron chi connectivity index (χ2n) is 21.8. The van der Waals surface area contributed by atoms with Crippen LogP contribution in [0.4, 0.5) is 0 Å². The lowest BCUT2D eigenvalue weighted by molar-refractivity contribution is -0.369. The number of fused-ring (bicyclic) bond motifs is 7. The first-order valence-corrected chi connectivity index (χ1v) is 24.3. The molecule has 4 heterocycles. The van der Waals surface area contributed by atoms with Gasteiger partial charge >= 0.3 is 0 Å². The van der Waals surface area contributed by atoms with E-state index in [1.807, 2.05) is 6.92 Å². The predicted octanol–water partition coefficient (Wildman–Crippen LogP) is -2.15. The first-order valence-electron chi connectivity index (χ1n) is 24.3. The summed E-state index contributed by atoms with van der Waals surface area (Å²) >= 11 is 0. The summed E-state index contributed by atoms with van der Waals surface area (Å²) in [7, 11) is 1.69. The van der Waals surface area contributed by atoms with Crippen LogP contribution < -0.4 is 0 Å². The summed E-state index contributed by atoms with van der Waals surface area (Å²) in [6.45, 7) is 7.17. The van der Waals surface area contributed by atoms with Gasteiger partial charge in [-0.05, 0) is 97.7 Å². The van der Waals surface area contributed by atoms with Crippen LogP contribution >= 0.6 is 0 Å². The van der Waals surface area contributed by atoms with E-state index in [0.29, 0.717) is 38.0 Å². The zero-order chi connectivity index (χ0) is 47.8. The van der Waals surface area contributed by atoms with E-state index in [9.17, 15) is 61.3 Å². The van der Waals surface area contributed by atoms with Gasteiger partial charge in [0.15, 0.2) is 24.7 Å². The number of ether oxygens (including phenoxy) is 8. The van der Waals surface area contributed by atoms with Crippen molar-refractivity contribution in [2.75, 3.05) is 33.5 Å². The lowest BCUT2D eigenvalue weighted by atomic mass is 9.43. The van der Waals surface area contributed by atoms with Crippen molar-refractivity contribution in [3.05, 3.63) is 0 Å². The van der Waals surface area contributed by atoms with Crippen LogP contribution in [0.2, 0.25) is 0 Å². The fourth-order valence-corrected chi connectivity index (χ4v) is 14.5. The van der Waals surface area contributed by atoms with Gasteiger partial charge in [0.2, 0.25) is 0 Å². The van der Waals surface area contributed by atoms with E-state index in [4.69, 9.17) is 37.9 Å². The molecule has 20 heteroatoms. The Labute approximate surface area is 386 Å². The Kier molecular flexibility index (Phi) is 15.6. The van der Waals surface area contributed by atoms with E-state index in [-0.39, 0.29) is 59.0 Å². The molecule has 0 bridgehead atoms. The third kappa shape index (κ3) is 8.85. The monoisotopic (exact) mass is 951 g/mol. The molecule has 8 fully saturated rings. The van der Waals surface area contributed by atoms with Gasteiger partial charge in [-0.25, -0.2) is 0 Å². The van der Waals surface area contributed by atoms with E-state index < -0.39 is 130 Å². The highest BCUT2D eigenvalue weighted by molar-refractivity contribution is 5.16. The van der Waals surface area contributed by atoms with Crippen LogP contribution in [0.25, 0.3) is 0 Å². The van der Waals surface area contributed by atoms with Gasteiger partial charge in [0.25, 0.3) is 0 Å². The average Bonchev–Trinajstić information content (AvgIpc) is 3.76. The summed E-state index contributed by atoms with van der Waals surface area (Å²) in [5, 5.41) is 126. The number of hydrogen-bond donors (Lipinski definition) is 12. The molecule has 66 heavy (non-hydrogen) atoms. The summed E-state index contributed by atoms with van der Waals surface area (Å²) in [6, 6.07) is 0. The maximum atomic E-state index is 11.8. The van der Waals surface area contributed by atoms with Crippen molar-refractivity contribution in [1.82, 2.24) is 0 Å². The van der Waals surface area contributed by atoms with Gasteiger partial charge in [-0.3, -0.25) is 0 Å². The molecule has 0 aromatic carbocycles. The van der Waals surface area contributed by atoms with Crippen molar-refractivity contribution in [3.8, 4) is 0 Å². The average molecular weight is 951 g/mol. The quantitative estimate of drug-likeness (QED) is 0.0826. The van der Waals surface area contributed by atoms with Gasteiger partial charge in [0.1, 0.15) is 73.2 Å². The highest BCUT2D eigenvalue weighted by Crippen LogP contribution is 2.71. The lowest BCUT2D eigenvalue weighted by Crippen LogP contribution is -2.66. The molecule has 20 nitrogen and oxygen atoms in total. The molecule has 28 unspecified atom stereocenters. The van der Waals surface area contributed by atoms with E-state index in [1.165, 1.54) is 0 Å². The smallest absolute Gasteiger partial charge is 0.187 e. The summed E-state index contributed by atoms with van der Waals surface area (Å²) in [5.74, 6) is -0.0455. The maximum absolute atomic E-state index is 11.8. The van der Waals surface area contributed by atoms with Gasteiger partial charge in [-0.15, -0.1) is 0 Å². The summed E-state index contributed by atoms with van der Waals surface area (Å²) in [5.41, 5.74) is -0.354. The SMILES string of the molecule is COC1(CCC(C)COC2OC(CO)C(O)C(O)C2O)OC2CC3C4CC(OC5OC(CO)C(O)C(OC6OC(CO)C(O)C(O)C6O)C5O)C5CC(O)CCC5(C)C4CCC3(C)C2C1C. The third-order valence-corrected chi connectivity index (χ3v) is 18.3. The first kappa shape index (κ1) is 51.6. The zero-order valence-electron chi connectivity index (χ0n) is 38.8. The molecule has 4 aliphatic heterocycles. The van der Waals surface area contributed by atoms with E-state index in [2.05, 4.69) is 20.8 Å². The van der Waals surface area contributed by atoms with E-state index in [0.717, 1.165) is 25.7 Å². The van der Waals surface area contributed by atoms with Gasteiger partial charge in [-0.2, -0.15) is 0 Å². The van der Waals surface area contributed by atoms with Gasteiger partial charge in [-0.1, -0.05) is 27.7 Å². The third-order valence-electron chi connectivity index (χ3n) is 18.3. The molecule has 8 aliphatic rings. The standard InChI is InChI=1S/C46H78O20/c1-19(18-60-41-37(56)35(54)32(51)28(15-47)62-41)6-11-46(59-5)20(2)31-27(66-46)14-24-22-13-26(25-12-21(50)7-9-44(25,3)23(22)8-10-45(24,31)4)61-43-39(58)40(34(53)30(17-49)64-43)65-42-38(57)36(55)33(52)29(16-48)63-42/h19-43,47-58H,6-18H2,1-5H3. The number of methoxy groups -OCH3 is 1. The van der Waals surface area contributed by atoms with Crippen LogP contribution in [0.15, 0.2) is 0 Å². The van der Waals surface area contributed by atoms with Gasteiger partial charge < -0.3 is 99.2 Å². The fraction of sp³-hybridized carbons (Fsp3) is 1.00. The number of aliphatic hydroxyl groups is 12. The zero-order valence-corrected chi connectivity index (χ0v) is 38.8. The molecule has 8 rings (SSSR count). The minimum atomic E-state index is -1.81. The normalized spacial score (nSPS) is 55.4. The minimum Gasteiger partial charge on any atom is -0.394 e. The van der Waals surface area contributed by atoms with Crippen LogP contribution in [0.3, 0.4) is 0 Å². The number of rotatable bonds is 14. The fourth-order valence-electron chi connectivity index (χ4n) is 14.5. The molecule has 0 aromatic rings. The van der Waals surface area contributed by atoms with Crippen molar-refractivity contribution in [3.63, 3.8) is 0 Å². The van der Waals surface area contributed by atoms with Crippen molar-refractivity contribution in [2.24, 2.45) is 52.3 Å². The van der Waals surface area contributed by atoms with Crippen LogP contribution in [0, 0.1) is 52.3 Å². The molecule has 0 spiro atoms. The Hall–Kier alpha value is -0.800. The van der Waals surface area contributed by atoms with Crippen LogP contribution in [-0.2, 0) is 37.9 Å². The van der Waals surface area contributed by atoms with Crippen LogP contribution in [-0.4, -0.2) is 211 Å². The van der Waals surface area contributed by atoms with E-state index in [1.54, 1.807) is 7.11 Å². The molecule has 4 aliphatic carbocycles. The Morgan fingerprint density at radius 1 is 0.621 bits per heavy atom. The molecular formula is C46H78O20. The van der Waals surface area contributed by atoms with Crippen molar-refractivity contribution in [2.45, 2.75) is 202 Å². The van der Waals surface area contributed by atoms with Crippen molar-refractivity contribution in [1.29, 1.82) is 0 Å². The topological polar surface area (TPSA) is 317 Å². The Morgan fingerprint density at radius 2 is 1.20 bits per heavy atom. The predicted molar refractivity (Wildman–Crippen MR) is 225 cm³/mol. The second kappa shape index (κ2) is 20.0. The summed E-state index contributed by atoms with van der Waals surface area (Å²) in [6.07, 6.45) is -17.1. The molecule has 12 N–H and O–H groups in total.